The van der Waals surface area contributed by atoms with Gasteiger partial charge in [-0.1, -0.05) is 11.6 Å². The summed E-state index contributed by atoms with van der Waals surface area (Å²) in [5.74, 6) is 0.540. The van der Waals surface area contributed by atoms with Crippen LogP contribution in [0.1, 0.15) is 0 Å². The topological polar surface area (TPSA) is 47.0 Å². The van der Waals surface area contributed by atoms with E-state index in [1.165, 1.54) is 12.1 Å². The van der Waals surface area contributed by atoms with Crippen LogP contribution >= 0.6 is 11.6 Å². The van der Waals surface area contributed by atoms with Crippen molar-refractivity contribution in [2.24, 2.45) is 0 Å². The Bertz CT molecular complexity index is 810. The van der Waals surface area contributed by atoms with Gasteiger partial charge in [-0.15, -0.1) is 0 Å². The minimum Gasteiger partial charge on any atom is -0.497 e. The lowest BCUT2D eigenvalue weighted by Crippen LogP contribution is -1.99. The molecule has 0 radical (unpaired) electrons. The number of rotatable bonds is 3. The van der Waals surface area contributed by atoms with Gasteiger partial charge in [-0.2, -0.15) is 0 Å². The molecule has 2 aromatic carbocycles. The number of benzene rings is 2. The maximum atomic E-state index is 13.7. The van der Waals surface area contributed by atoms with Crippen LogP contribution in [0.2, 0.25) is 5.02 Å². The molecule has 0 saturated heterocycles. The second-order valence-corrected chi connectivity index (χ2v) is 4.80. The van der Waals surface area contributed by atoms with E-state index in [1.807, 2.05) is 12.1 Å². The minimum absolute atomic E-state index is 0.265. The van der Waals surface area contributed by atoms with E-state index in [0.717, 1.165) is 5.39 Å². The van der Waals surface area contributed by atoms with E-state index in [9.17, 15) is 4.39 Å². The molecule has 0 fully saturated rings. The van der Waals surface area contributed by atoms with E-state index in [4.69, 9.17) is 16.3 Å². The summed E-state index contributed by atoms with van der Waals surface area (Å²) < 4.78 is 18.9. The molecule has 1 N–H and O–H groups in total. The van der Waals surface area contributed by atoms with Crippen LogP contribution in [0.4, 0.5) is 16.0 Å². The highest BCUT2D eigenvalue weighted by atomic mass is 35.5. The first-order chi connectivity index (χ1) is 10.2. The average molecular weight is 304 g/mol. The van der Waals surface area contributed by atoms with Crippen LogP contribution < -0.4 is 10.1 Å². The van der Waals surface area contributed by atoms with Crippen molar-refractivity contribution in [2.45, 2.75) is 0 Å². The Labute approximate surface area is 125 Å². The van der Waals surface area contributed by atoms with Gasteiger partial charge in [-0.05, 0) is 30.3 Å². The summed E-state index contributed by atoms with van der Waals surface area (Å²) in [5, 5.41) is 4.04. The van der Waals surface area contributed by atoms with Crippen LogP contribution in [0.3, 0.4) is 0 Å². The lowest BCUT2D eigenvalue weighted by molar-refractivity contribution is 0.415. The minimum atomic E-state index is -0.461. The van der Waals surface area contributed by atoms with Crippen molar-refractivity contribution in [3.05, 3.63) is 53.4 Å². The van der Waals surface area contributed by atoms with E-state index in [-0.39, 0.29) is 5.69 Å². The predicted octanol–water partition coefficient (Wildman–Crippen LogP) is 4.17. The van der Waals surface area contributed by atoms with Gasteiger partial charge < -0.3 is 10.1 Å². The van der Waals surface area contributed by atoms with Crippen molar-refractivity contribution in [1.29, 1.82) is 0 Å². The maximum Gasteiger partial charge on any atom is 0.227 e. The molecule has 0 atom stereocenters. The molecule has 0 saturated carbocycles. The lowest BCUT2D eigenvalue weighted by Gasteiger charge is -2.07. The van der Waals surface area contributed by atoms with E-state index < -0.39 is 5.82 Å². The van der Waals surface area contributed by atoms with Crippen LogP contribution in [0.25, 0.3) is 10.9 Å². The summed E-state index contributed by atoms with van der Waals surface area (Å²) >= 11 is 5.72. The fourth-order valence-corrected chi connectivity index (χ4v) is 2.06. The molecule has 106 valence electrons. The number of hydrogen-bond acceptors (Lipinski definition) is 4. The van der Waals surface area contributed by atoms with Gasteiger partial charge in [-0.3, -0.25) is 0 Å². The molecule has 1 heterocycles. The van der Waals surface area contributed by atoms with Gasteiger partial charge in [0.25, 0.3) is 0 Å². The number of anilines is 2. The van der Waals surface area contributed by atoms with Crippen molar-refractivity contribution in [3.8, 4) is 5.75 Å². The first-order valence-corrected chi connectivity index (χ1v) is 6.56. The molecule has 0 unspecified atom stereocenters. The normalized spacial score (nSPS) is 10.6. The van der Waals surface area contributed by atoms with Crippen molar-refractivity contribution in [3.63, 3.8) is 0 Å². The zero-order valence-electron chi connectivity index (χ0n) is 11.1. The van der Waals surface area contributed by atoms with Crippen LogP contribution in [-0.2, 0) is 0 Å². The zero-order chi connectivity index (χ0) is 14.8. The Morgan fingerprint density at radius 3 is 2.81 bits per heavy atom. The van der Waals surface area contributed by atoms with E-state index >= 15 is 0 Å². The molecule has 3 rings (SSSR count). The summed E-state index contributed by atoms with van der Waals surface area (Å²) in [6, 6.07) is 9.85. The van der Waals surface area contributed by atoms with Crippen LogP contribution in [0, 0.1) is 5.82 Å². The third-order valence-electron chi connectivity index (χ3n) is 2.97. The molecule has 3 aromatic rings. The summed E-state index contributed by atoms with van der Waals surface area (Å²) in [4.78, 5) is 8.50. The fourth-order valence-electron chi connectivity index (χ4n) is 1.90. The van der Waals surface area contributed by atoms with Gasteiger partial charge in [0, 0.05) is 22.7 Å². The second-order valence-electron chi connectivity index (χ2n) is 4.37. The average Bonchev–Trinajstić information content (AvgIpc) is 2.49. The number of aromatic nitrogens is 2. The van der Waals surface area contributed by atoms with Crippen LogP contribution in [-0.4, -0.2) is 17.1 Å². The molecule has 0 aliphatic heterocycles. The third-order valence-corrected chi connectivity index (χ3v) is 3.20. The first-order valence-electron chi connectivity index (χ1n) is 6.18. The van der Waals surface area contributed by atoms with Gasteiger partial charge in [0.1, 0.15) is 11.6 Å². The van der Waals surface area contributed by atoms with E-state index in [0.29, 0.717) is 22.2 Å². The Morgan fingerprint density at radius 1 is 1.19 bits per heavy atom. The monoisotopic (exact) mass is 303 g/mol. The molecule has 4 nitrogen and oxygen atoms in total. The van der Waals surface area contributed by atoms with Crippen LogP contribution in [0.5, 0.6) is 5.75 Å². The van der Waals surface area contributed by atoms with Crippen LogP contribution in [0.15, 0.2) is 42.6 Å². The summed E-state index contributed by atoms with van der Waals surface area (Å²) in [6.45, 7) is 0. The Morgan fingerprint density at radius 2 is 2.05 bits per heavy atom. The van der Waals surface area contributed by atoms with Crippen molar-refractivity contribution < 1.29 is 9.13 Å². The number of hydrogen-bond donors (Lipinski definition) is 1. The van der Waals surface area contributed by atoms with E-state index in [1.54, 1.807) is 25.4 Å². The largest absolute Gasteiger partial charge is 0.497 e. The number of nitrogens with zero attached hydrogens (tertiary/aromatic N) is 2. The smallest absolute Gasteiger partial charge is 0.227 e. The lowest BCUT2D eigenvalue weighted by atomic mass is 10.2. The number of halogens is 2. The van der Waals surface area contributed by atoms with Gasteiger partial charge >= 0.3 is 0 Å². The second kappa shape index (κ2) is 5.54. The highest BCUT2D eigenvalue weighted by molar-refractivity contribution is 6.30. The molecule has 21 heavy (non-hydrogen) atoms. The van der Waals surface area contributed by atoms with Gasteiger partial charge in [-0.25, -0.2) is 14.4 Å². The number of nitrogens with one attached hydrogen (secondary N) is 1. The molecule has 0 aliphatic carbocycles. The Kier molecular flexibility index (Phi) is 3.58. The summed E-state index contributed by atoms with van der Waals surface area (Å²) in [7, 11) is 1.59. The van der Waals surface area contributed by atoms with Crippen molar-refractivity contribution in [1.82, 2.24) is 9.97 Å². The molecule has 0 spiro atoms. The summed E-state index contributed by atoms with van der Waals surface area (Å²) in [6.07, 6.45) is 1.66. The fraction of sp³-hybridized carbons (Fsp3) is 0.0667. The highest BCUT2D eigenvalue weighted by Gasteiger charge is 2.06. The van der Waals surface area contributed by atoms with Gasteiger partial charge in [0.15, 0.2) is 0 Å². The quantitative estimate of drug-likeness (QED) is 0.788. The molecule has 1 aromatic heterocycles. The van der Waals surface area contributed by atoms with Gasteiger partial charge in [0.2, 0.25) is 5.95 Å². The molecule has 0 bridgehead atoms. The number of methoxy groups -OCH3 is 1. The Balaban J connectivity index is 1.96. The van der Waals surface area contributed by atoms with E-state index in [2.05, 4.69) is 15.3 Å². The molecule has 0 amide bonds. The molecule has 6 heteroatoms. The Hall–Kier alpha value is -2.40. The van der Waals surface area contributed by atoms with Crippen molar-refractivity contribution >= 4 is 34.1 Å². The van der Waals surface area contributed by atoms with Gasteiger partial charge in [0.05, 0.1) is 18.3 Å². The first kappa shape index (κ1) is 13.6. The zero-order valence-corrected chi connectivity index (χ0v) is 11.9. The standard InChI is InChI=1S/C15H11ClFN3O/c1-21-11-4-2-9-8-18-15(20-14(9)7-11)19-13-5-3-10(16)6-12(13)17/h2-8H,1H3,(H,18,19,20). The maximum absolute atomic E-state index is 13.7. The number of ether oxygens (including phenoxy) is 1. The highest BCUT2D eigenvalue weighted by Crippen LogP contribution is 2.23. The third kappa shape index (κ3) is 2.87. The molecule has 0 aliphatic rings. The predicted molar refractivity (Wildman–Crippen MR) is 80.8 cm³/mol. The number of fused-ring (bicyclic) bond motifs is 1. The molecular formula is C15H11ClFN3O. The summed E-state index contributed by atoms with van der Waals surface area (Å²) in [5.41, 5.74) is 0.975. The SMILES string of the molecule is COc1ccc2cnc(Nc3ccc(Cl)cc3F)nc2c1. The molecular weight excluding hydrogens is 293 g/mol. The van der Waals surface area contributed by atoms with Crippen molar-refractivity contribution in [2.75, 3.05) is 12.4 Å².